The smallest absolute Gasteiger partial charge is 0.247 e. The maximum Gasteiger partial charge on any atom is 0.247 e. The van der Waals surface area contributed by atoms with Crippen LogP contribution in [0.25, 0.3) is 0 Å². The first-order valence-corrected chi connectivity index (χ1v) is 27.0. The predicted octanol–water partition coefficient (Wildman–Crippen LogP) is 3.77. The van der Waals surface area contributed by atoms with Crippen LogP contribution >= 0.6 is 0 Å². The lowest BCUT2D eigenvalue weighted by Crippen LogP contribution is -2.61. The molecule has 4 N–H and O–H groups in total. The van der Waals surface area contributed by atoms with Gasteiger partial charge in [0.15, 0.2) is 0 Å². The summed E-state index contributed by atoms with van der Waals surface area (Å²) in [5, 5.41) is 18.2. The average molecular weight is 1090 g/mol. The molecule has 0 aliphatic carbocycles. The topological polar surface area (TPSA) is 256 Å². The van der Waals surface area contributed by atoms with E-state index < -0.39 is 95.2 Å². The minimum atomic E-state index is -1.41. The number of carbonyl (C=O) groups is 10. The summed E-state index contributed by atoms with van der Waals surface area (Å²) in [7, 11) is 7.23. The van der Waals surface area contributed by atoms with Crippen LogP contribution in [0.5, 0.6) is 0 Å². The molecule has 21 heteroatoms. The van der Waals surface area contributed by atoms with Gasteiger partial charge in [-0.05, 0) is 96.5 Å². The van der Waals surface area contributed by atoms with Crippen molar-refractivity contribution in [1.29, 1.82) is 0 Å². The number of likely N-dealkylation sites (tertiary alicyclic amines) is 1. The molecule has 0 aromatic rings. The summed E-state index contributed by atoms with van der Waals surface area (Å²) in [5.41, 5.74) is -0.463. The zero-order valence-corrected chi connectivity index (χ0v) is 49.0. The Kier molecular flexibility index (Phi) is 29.7. The van der Waals surface area contributed by atoms with Gasteiger partial charge in [0.05, 0.1) is 18.6 Å². The summed E-state index contributed by atoms with van der Waals surface area (Å²) in [6, 6.07) is -8.48. The van der Waals surface area contributed by atoms with Gasteiger partial charge in [0, 0.05) is 67.7 Å². The van der Waals surface area contributed by atoms with E-state index in [-0.39, 0.29) is 74.3 Å². The zero-order valence-electron chi connectivity index (χ0n) is 49.0. The number of aliphatic hydroxyl groups excluding tert-OH is 1. The number of hydrogen-bond acceptors (Lipinski definition) is 12. The van der Waals surface area contributed by atoms with Gasteiger partial charge in [0.1, 0.15) is 54.3 Å². The molecule has 77 heavy (non-hydrogen) atoms. The van der Waals surface area contributed by atoms with Crippen LogP contribution in [-0.4, -0.2) is 204 Å². The third kappa shape index (κ3) is 24.0. The highest BCUT2D eigenvalue weighted by Crippen LogP contribution is 2.21. The highest BCUT2D eigenvalue weighted by Gasteiger charge is 2.40. The van der Waals surface area contributed by atoms with Crippen LogP contribution in [0, 0.1) is 17.8 Å². The maximum absolute atomic E-state index is 14.8. The molecule has 9 amide bonds. The Hall–Kier alpha value is -6.12. The molecule has 21 nitrogen and oxygen atoms in total. The highest BCUT2D eigenvalue weighted by atomic mass is 16.5. The number of rotatable bonds is 33. The number of nitrogens with one attached hydrogen (secondary N) is 3. The van der Waals surface area contributed by atoms with Gasteiger partial charge < -0.3 is 60.0 Å². The van der Waals surface area contributed by atoms with E-state index in [0.717, 1.165) is 30.4 Å². The number of aldehydes is 1. The second kappa shape index (κ2) is 33.2. The fraction of sp³-hybridized carbons (Fsp3) is 0.714. The lowest BCUT2D eigenvalue weighted by Gasteiger charge is -2.37. The predicted molar refractivity (Wildman–Crippen MR) is 295 cm³/mol. The van der Waals surface area contributed by atoms with Gasteiger partial charge in [-0.2, -0.15) is 0 Å². The molecule has 1 heterocycles. The van der Waals surface area contributed by atoms with Gasteiger partial charge in [-0.1, -0.05) is 66.3 Å². The molecule has 436 valence electrons. The summed E-state index contributed by atoms with van der Waals surface area (Å²) in [6.07, 6.45) is 7.10. The fourth-order valence-corrected chi connectivity index (χ4v) is 8.66. The summed E-state index contributed by atoms with van der Waals surface area (Å²) < 4.78 is 6.00. The molecule has 0 bridgehead atoms. The molecule has 1 fully saturated rings. The van der Waals surface area contributed by atoms with E-state index in [4.69, 9.17) is 4.74 Å². The second-order valence-electron chi connectivity index (χ2n) is 22.7. The van der Waals surface area contributed by atoms with Gasteiger partial charge in [-0.15, -0.1) is 0 Å². The largest absolute Gasteiger partial charge is 0.509 e. The lowest BCUT2D eigenvalue weighted by atomic mass is 9.98. The molecule has 1 aliphatic heterocycles. The Balaban J connectivity index is 3.71. The molecule has 5 unspecified atom stereocenters. The van der Waals surface area contributed by atoms with Crippen molar-refractivity contribution in [2.24, 2.45) is 17.8 Å². The fourth-order valence-electron chi connectivity index (χ4n) is 8.66. The maximum atomic E-state index is 14.8. The van der Waals surface area contributed by atoms with E-state index >= 15 is 0 Å². The molecular weight excluding hydrogens is 991 g/mol. The molecule has 7 atom stereocenters. The molecule has 0 aromatic heterocycles. The number of ether oxygens (including phenoxy) is 1. The van der Waals surface area contributed by atoms with Crippen LogP contribution in [0.2, 0.25) is 0 Å². The van der Waals surface area contributed by atoms with Gasteiger partial charge >= 0.3 is 0 Å². The Bertz CT molecular complexity index is 2060. The third-order valence-corrected chi connectivity index (χ3v) is 13.4. The monoisotopic (exact) mass is 1090 g/mol. The molecule has 1 aliphatic rings. The number of amides is 9. The number of piperidine rings is 1. The molecule has 0 aromatic carbocycles. The Morgan fingerprint density at radius 2 is 1.10 bits per heavy atom. The summed E-state index contributed by atoms with van der Waals surface area (Å²) in [5.74, 6) is -5.51. The van der Waals surface area contributed by atoms with Crippen LogP contribution in [0.4, 0.5) is 0 Å². The van der Waals surface area contributed by atoms with Crippen molar-refractivity contribution in [2.75, 3.05) is 61.5 Å². The van der Waals surface area contributed by atoms with Gasteiger partial charge in [0.25, 0.3) is 0 Å². The summed E-state index contributed by atoms with van der Waals surface area (Å²) in [6.45, 7) is 26.4. The van der Waals surface area contributed by atoms with Crippen molar-refractivity contribution in [3.63, 3.8) is 0 Å². The van der Waals surface area contributed by atoms with Crippen molar-refractivity contribution >= 4 is 60.0 Å². The van der Waals surface area contributed by atoms with Gasteiger partial charge in [0.2, 0.25) is 53.7 Å². The Labute approximate surface area is 458 Å². The first-order chi connectivity index (χ1) is 35.8. The van der Waals surface area contributed by atoms with Crippen molar-refractivity contribution < 1.29 is 57.8 Å². The third-order valence-electron chi connectivity index (χ3n) is 13.4. The number of nitrogens with zero attached hydrogens (tertiary/aromatic N) is 6. The van der Waals surface area contributed by atoms with Crippen LogP contribution in [-0.2, 0) is 52.7 Å². The first kappa shape index (κ1) is 68.9. The van der Waals surface area contributed by atoms with E-state index in [1.54, 1.807) is 32.7 Å². The minimum absolute atomic E-state index is 0.0124. The van der Waals surface area contributed by atoms with Crippen molar-refractivity contribution in [3.8, 4) is 0 Å². The van der Waals surface area contributed by atoms with Gasteiger partial charge in [-0.3, -0.25) is 43.2 Å². The van der Waals surface area contributed by atoms with Crippen LogP contribution in [0.15, 0.2) is 36.6 Å². The number of carbonyl (C=O) groups excluding carboxylic acids is 10. The van der Waals surface area contributed by atoms with Crippen LogP contribution in [0.3, 0.4) is 0 Å². The number of allylic oxidation sites excluding steroid dienone is 2. The van der Waals surface area contributed by atoms with Crippen molar-refractivity contribution in [3.05, 3.63) is 36.6 Å². The Morgan fingerprint density at radius 1 is 0.636 bits per heavy atom. The number of aliphatic hydroxyl groups is 1. The number of hydrogen-bond donors (Lipinski definition) is 4. The molecule has 1 rings (SSSR count). The van der Waals surface area contributed by atoms with E-state index in [0.29, 0.717) is 32.3 Å². The minimum Gasteiger partial charge on any atom is -0.509 e. The lowest BCUT2D eigenvalue weighted by molar-refractivity contribution is -0.150. The number of unbranched alkanes of at least 4 members (excludes halogenated alkanes) is 1. The van der Waals surface area contributed by atoms with Crippen LogP contribution in [0.1, 0.15) is 133 Å². The molecular formula is C56H95N9O12. The zero-order chi connectivity index (χ0) is 59.1. The quantitative estimate of drug-likeness (QED) is 0.0317. The van der Waals surface area contributed by atoms with E-state index in [1.807, 2.05) is 41.5 Å². The summed E-state index contributed by atoms with van der Waals surface area (Å²) >= 11 is 0. The van der Waals surface area contributed by atoms with Crippen LogP contribution < -0.4 is 16.0 Å². The van der Waals surface area contributed by atoms with Gasteiger partial charge in [-0.25, -0.2) is 0 Å². The molecule has 1 saturated heterocycles. The van der Waals surface area contributed by atoms with E-state index in [1.165, 1.54) is 66.9 Å². The van der Waals surface area contributed by atoms with Crippen molar-refractivity contribution in [1.82, 2.24) is 45.3 Å². The van der Waals surface area contributed by atoms with Crippen molar-refractivity contribution in [2.45, 2.75) is 181 Å². The Morgan fingerprint density at radius 3 is 1.58 bits per heavy atom. The normalized spacial score (nSPS) is 15.5. The second-order valence-corrected chi connectivity index (χ2v) is 22.7. The van der Waals surface area contributed by atoms with E-state index in [9.17, 15) is 53.1 Å². The summed E-state index contributed by atoms with van der Waals surface area (Å²) in [4.78, 5) is 145. The standard InChI is InChI=1S/C56H95N9O12/c1-36(2)29-45(61(14)35-67)49(70)59-44(34-77-56(10,11)12)54(75)64(17)47(31-38(5)6)51(72)57-42(32-39(7)23-24-40(8)68)53(74)62(15)41(9)52(73)63(16)46(30-37(3)4)50(71)58-43(55(76)65-26-19-18-20-27-65)33-48(69)60(13)25-21-22-28-66/h23-24,28,35-38,41-47,68H,7-8,18-22,25-27,29-34H2,1-6,9-17H3,(H,57,72)(H,58,71)(H,59,70)/b24-23-/t41-,42?,43-,44?,45?,46?,47?/m0/s1. The molecule has 0 saturated carbocycles. The first-order valence-electron chi connectivity index (χ1n) is 27.0. The van der Waals surface area contributed by atoms with E-state index in [2.05, 4.69) is 29.1 Å². The number of likely N-dealkylation sites (N-methyl/N-ethyl adjacent to an activating group) is 4. The molecule has 0 radical (unpaired) electrons. The highest BCUT2D eigenvalue weighted by molar-refractivity contribution is 5.98. The molecule has 0 spiro atoms. The average Bonchev–Trinajstić information content (AvgIpc) is 3.36. The SMILES string of the molecule is C=C(O)/C=C\C(=C)CC(NC(=O)C(CC(C)C)N(C)C(=O)C(COC(C)(C)C)NC(=O)C(CC(C)C)N(C)C=O)C(=O)N(C)[C@@H](C)C(=O)N(C)C(CC(C)C)C(=O)N[C@@H](CC(=O)N(C)CCCC=O)C(=O)N1CCCCC1.